The van der Waals surface area contributed by atoms with Crippen LogP contribution >= 0.6 is 31.9 Å². The van der Waals surface area contributed by atoms with Crippen LogP contribution in [0.1, 0.15) is 11.4 Å². The number of aromatic nitrogens is 6. The molecule has 0 aliphatic rings. The summed E-state index contributed by atoms with van der Waals surface area (Å²) in [6.07, 6.45) is 3.57. The highest BCUT2D eigenvalue weighted by Crippen LogP contribution is 2.23. The predicted octanol–water partition coefficient (Wildman–Crippen LogP) is 6.33. The zero-order chi connectivity index (χ0) is 25.1. The van der Waals surface area contributed by atoms with E-state index in [-0.39, 0.29) is 6.61 Å². The lowest BCUT2D eigenvalue weighted by molar-refractivity contribution is 0.276. The highest BCUT2D eigenvalue weighted by molar-refractivity contribution is 9.10. The highest BCUT2D eigenvalue weighted by Gasteiger charge is 2.08. The third-order valence-electron chi connectivity index (χ3n) is 5.38. The van der Waals surface area contributed by atoms with Gasteiger partial charge in [0.2, 0.25) is 0 Å². The predicted molar refractivity (Wildman–Crippen MR) is 144 cm³/mol. The third-order valence-corrected chi connectivity index (χ3v) is 6.37. The summed E-state index contributed by atoms with van der Waals surface area (Å²) in [5.74, 6) is 1.33. The maximum absolute atomic E-state index is 12.6. The third kappa shape index (κ3) is 5.06. The lowest BCUT2D eigenvalue weighted by atomic mass is 10.2. The number of pyridine rings is 2. The number of hydrogen-bond donors (Lipinski definition) is 1. The molecule has 36 heavy (non-hydrogen) atoms. The number of hydrogen-bond acceptors (Lipinski definition) is 5. The lowest BCUT2D eigenvalue weighted by Crippen LogP contribution is -2.01. The van der Waals surface area contributed by atoms with Crippen molar-refractivity contribution in [1.82, 2.24) is 29.5 Å². The number of aliphatic hydroxyl groups excluding tert-OH is 1. The first-order valence-electron chi connectivity index (χ1n) is 10.9. The van der Waals surface area contributed by atoms with Crippen LogP contribution in [0.4, 0.5) is 4.39 Å². The van der Waals surface area contributed by atoms with Crippen molar-refractivity contribution in [3.05, 3.63) is 106 Å². The summed E-state index contributed by atoms with van der Waals surface area (Å²) < 4.78 is 18.1. The van der Waals surface area contributed by atoms with Gasteiger partial charge in [-0.1, -0.05) is 56.1 Å². The molecule has 4 heterocycles. The van der Waals surface area contributed by atoms with Crippen molar-refractivity contribution in [3.8, 4) is 11.6 Å². The standard InChI is InChI=1S/C13H9BrFN3.C13H10BrN3O/c14-10-5-4-9-8-16-18(12(9)6-10)13-3-1-2-11(7-15)17-13;14-10-5-4-9-7-15-17(12(9)6-10)13-3-1-2-11(8-18)16-13/h1-6,8H,7H2;1-7,18H,8H2. The molecule has 6 rings (SSSR count). The van der Waals surface area contributed by atoms with Gasteiger partial charge in [0.05, 0.1) is 41.4 Å². The molecule has 0 amide bonds. The van der Waals surface area contributed by atoms with E-state index < -0.39 is 6.67 Å². The Hall–Kier alpha value is -3.47. The Morgan fingerprint density at radius 1 is 0.694 bits per heavy atom. The van der Waals surface area contributed by atoms with Gasteiger partial charge in [0, 0.05) is 19.7 Å². The van der Waals surface area contributed by atoms with E-state index in [1.54, 1.807) is 40.0 Å². The number of aliphatic hydroxyl groups is 1. The first-order chi connectivity index (χ1) is 17.6. The molecule has 180 valence electrons. The van der Waals surface area contributed by atoms with Crippen LogP contribution < -0.4 is 0 Å². The van der Waals surface area contributed by atoms with Gasteiger partial charge in [-0.3, -0.25) is 0 Å². The first kappa shape index (κ1) is 24.2. The molecule has 6 aromatic rings. The fraction of sp³-hybridized carbons (Fsp3) is 0.0769. The zero-order valence-corrected chi connectivity index (χ0v) is 21.9. The Morgan fingerprint density at radius 2 is 1.19 bits per heavy atom. The van der Waals surface area contributed by atoms with Crippen molar-refractivity contribution >= 4 is 53.7 Å². The SMILES string of the molecule is FCc1cccc(-n2ncc3ccc(Br)cc32)n1.OCc1cccc(-n2ncc3ccc(Br)cc32)n1. The minimum atomic E-state index is -0.573. The van der Waals surface area contributed by atoms with E-state index in [4.69, 9.17) is 5.11 Å². The van der Waals surface area contributed by atoms with Crippen LogP contribution in [0.15, 0.2) is 94.1 Å². The van der Waals surface area contributed by atoms with Gasteiger partial charge in [0.15, 0.2) is 11.6 Å². The van der Waals surface area contributed by atoms with Gasteiger partial charge in [-0.2, -0.15) is 10.2 Å². The van der Waals surface area contributed by atoms with E-state index in [1.807, 2.05) is 54.6 Å². The van der Waals surface area contributed by atoms with Crippen molar-refractivity contribution in [2.75, 3.05) is 0 Å². The summed E-state index contributed by atoms with van der Waals surface area (Å²) in [6, 6.07) is 22.6. The fourth-order valence-corrected chi connectivity index (χ4v) is 4.38. The van der Waals surface area contributed by atoms with Crippen molar-refractivity contribution in [1.29, 1.82) is 0 Å². The second-order valence-electron chi connectivity index (χ2n) is 7.79. The molecular weight excluding hydrogens is 591 g/mol. The van der Waals surface area contributed by atoms with Crippen LogP contribution in [-0.4, -0.2) is 34.6 Å². The molecule has 0 saturated carbocycles. The first-order valence-corrected chi connectivity index (χ1v) is 12.5. The van der Waals surface area contributed by atoms with E-state index in [0.29, 0.717) is 23.0 Å². The number of alkyl halides is 1. The lowest BCUT2D eigenvalue weighted by Gasteiger charge is -2.04. The Balaban J connectivity index is 0.000000148. The molecule has 0 spiro atoms. The molecule has 0 unspecified atom stereocenters. The summed E-state index contributed by atoms with van der Waals surface area (Å²) in [5, 5.41) is 19.8. The van der Waals surface area contributed by atoms with Crippen molar-refractivity contribution in [2.45, 2.75) is 13.3 Å². The van der Waals surface area contributed by atoms with Gasteiger partial charge in [-0.25, -0.2) is 23.7 Å². The Morgan fingerprint density at radius 3 is 1.69 bits per heavy atom. The number of halogens is 3. The molecule has 7 nitrogen and oxygen atoms in total. The van der Waals surface area contributed by atoms with E-state index >= 15 is 0 Å². The molecule has 0 fully saturated rings. The van der Waals surface area contributed by atoms with E-state index in [1.165, 1.54) is 0 Å². The molecule has 0 aliphatic heterocycles. The molecular formula is C26H19Br2FN6O. The molecule has 10 heteroatoms. The van der Waals surface area contributed by atoms with Crippen molar-refractivity contribution < 1.29 is 9.50 Å². The monoisotopic (exact) mass is 608 g/mol. The van der Waals surface area contributed by atoms with Crippen LogP contribution in [-0.2, 0) is 13.3 Å². The van der Waals surface area contributed by atoms with Crippen LogP contribution in [0.2, 0.25) is 0 Å². The maximum atomic E-state index is 12.6. The van der Waals surface area contributed by atoms with Crippen LogP contribution in [0.5, 0.6) is 0 Å². The second kappa shape index (κ2) is 10.7. The number of benzene rings is 2. The average Bonchev–Trinajstić information content (AvgIpc) is 3.53. The van der Waals surface area contributed by atoms with Crippen molar-refractivity contribution in [3.63, 3.8) is 0 Å². The normalized spacial score (nSPS) is 11.0. The molecule has 0 bridgehead atoms. The van der Waals surface area contributed by atoms with Gasteiger partial charge in [0.25, 0.3) is 0 Å². The smallest absolute Gasteiger partial charge is 0.154 e. The van der Waals surface area contributed by atoms with Crippen molar-refractivity contribution in [2.24, 2.45) is 0 Å². The van der Waals surface area contributed by atoms with Gasteiger partial charge in [0.1, 0.15) is 6.67 Å². The Bertz CT molecular complexity index is 1540. The molecule has 0 aliphatic carbocycles. The molecule has 1 N–H and O–H groups in total. The number of fused-ring (bicyclic) bond motifs is 2. The summed E-state index contributed by atoms with van der Waals surface area (Å²) in [6.45, 7) is -0.645. The van der Waals surface area contributed by atoms with Crippen LogP contribution in [0.3, 0.4) is 0 Å². The molecule has 0 saturated heterocycles. The highest BCUT2D eigenvalue weighted by atomic mass is 79.9. The molecule has 0 atom stereocenters. The van der Waals surface area contributed by atoms with Crippen LogP contribution in [0.25, 0.3) is 33.4 Å². The zero-order valence-electron chi connectivity index (χ0n) is 18.8. The minimum absolute atomic E-state index is 0.0727. The minimum Gasteiger partial charge on any atom is -0.390 e. The Labute approximate surface area is 222 Å². The van der Waals surface area contributed by atoms with Crippen LogP contribution in [0, 0.1) is 0 Å². The number of rotatable bonds is 4. The quantitative estimate of drug-likeness (QED) is 0.253. The fourth-order valence-electron chi connectivity index (χ4n) is 3.68. The van der Waals surface area contributed by atoms with E-state index in [0.717, 1.165) is 30.8 Å². The average molecular weight is 610 g/mol. The summed E-state index contributed by atoms with van der Waals surface area (Å²) >= 11 is 6.88. The topological polar surface area (TPSA) is 81.6 Å². The Kier molecular flexibility index (Phi) is 7.17. The molecule has 0 radical (unpaired) electrons. The maximum Gasteiger partial charge on any atom is 0.154 e. The summed E-state index contributed by atoms with van der Waals surface area (Å²) in [4.78, 5) is 8.57. The second-order valence-corrected chi connectivity index (χ2v) is 9.62. The van der Waals surface area contributed by atoms with E-state index in [9.17, 15) is 4.39 Å². The van der Waals surface area contributed by atoms with Gasteiger partial charge < -0.3 is 5.11 Å². The molecule has 2 aromatic carbocycles. The van der Waals surface area contributed by atoms with E-state index in [2.05, 4.69) is 52.0 Å². The molecule has 4 aromatic heterocycles. The largest absolute Gasteiger partial charge is 0.390 e. The summed E-state index contributed by atoms with van der Waals surface area (Å²) in [5.41, 5.74) is 2.96. The van der Waals surface area contributed by atoms with Gasteiger partial charge in [-0.15, -0.1) is 0 Å². The summed E-state index contributed by atoms with van der Waals surface area (Å²) in [7, 11) is 0. The number of nitrogens with zero attached hydrogens (tertiary/aromatic N) is 6. The van der Waals surface area contributed by atoms with Gasteiger partial charge >= 0.3 is 0 Å². The van der Waals surface area contributed by atoms with Gasteiger partial charge in [-0.05, 0) is 48.5 Å².